The third-order valence-electron chi connectivity index (χ3n) is 8.13. The second-order valence-electron chi connectivity index (χ2n) is 11.5. The van der Waals surface area contributed by atoms with Crippen molar-refractivity contribution in [3.63, 3.8) is 0 Å². The minimum atomic E-state index is 0.282. The summed E-state index contributed by atoms with van der Waals surface area (Å²) in [7, 11) is 0. The van der Waals surface area contributed by atoms with Gasteiger partial charge in [0.1, 0.15) is 6.61 Å². The summed E-state index contributed by atoms with van der Waals surface area (Å²) in [6.07, 6.45) is 7.74. The van der Waals surface area contributed by atoms with Crippen LogP contribution in [0, 0.1) is 30.3 Å². The summed E-state index contributed by atoms with van der Waals surface area (Å²) in [6.45, 7) is 9.46. The van der Waals surface area contributed by atoms with Gasteiger partial charge in [0.2, 0.25) is 0 Å². The van der Waals surface area contributed by atoms with E-state index in [1.165, 1.54) is 33.5 Å². The SMILES string of the molecule is CCOc1cc(C=Nc2ccc([C@@H]3Nc4ccc(C)cc4[C@H]4C=CC[C@@H]43)cc2)cc(I)c1OCc1cc(C)cc(C)c1. The van der Waals surface area contributed by atoms with Gasteiger partial charge in [-0.15, -0.1) is 0 Å². The highest BCUT2D eigenvalue weighted by molar-refractivity contribution is 14.1. The van der Waals surface area contributed by atoms with E-state index >= 15 is 0 Å². The molecule has 0 unspecified atom stereocenters. The van der Waals surface area contributed by atoms with Crippen molar-refractivity contribution in [1.82, 2.24) is 0 Å². The Bertz CT molecular complexity index is 1640. The number of nitrogens with zero attached hydrogens (tertiary/aromatic N) is 1. The molecule has 1 heterocycles. The Balaban J connectivity index is 1.18. The number of anilines is 1. The van der Waals surface area contributed by atoms with Gasteiger partial charge in [0.25, 0.3) is 0 Å². The molecular formula is C37H37IN2O2. The largest absolute Gasteiger partial charge is 0.490 e. The number of benzene rings is 4. The molecule has 3 atom stereocenters. The highest BCUT2D eigenvalue weighted by atomic mass is 127. The van der Waals surface area contributed by atoms with E-state index in [2.05, 4.69) is 128 Å². The summed E-state index contributed by atoms with van der Waals surface area (Å²) in [6, 6.07) is 26.3. The summed E-state index contributed by atoms with van der Waals surface area (Å²) in [5.41, 5.74) is 10.8. The second-order valence-corrected chi connectivity index (χ2v) is 12.6. The zero-order valence-electron chi connectivity index (χ0n) is 24.7. The molecular weight excluding hydrogens is 631 g/mol. The standard InChI is InChI=1S/C37H37IN2O2/c1-5-41-35-20-26(19-33(38)37(35)42-22-27-16-24(3)15-25(4)17-27)21-39-29-12-10-28(11-13-29)36-31-8-6-7-30(31)32-18-23(2)9-14-34(32)40-36/h6-7,9-21,30-31,36,40H,5,8,22H2,1-4H3/t30-,31-,36-/m0/s1. The number of hydrogen-bond donors (Lipinski definition) is 1. The summed E-state index contributed by atoms with van der Waals surface area (Å²) in [5.74, 6) is 2.51. The Hall–Kier alpha value is -3.58. The molecule has 1 N–H and O–H groups in total. The van der Waals surface area contributed by atoms with Crippen molar-refractivity contribution in [2.75, 3.05) is 11.9 Å². The molecule has 6 rings (SSSR count). The number of nitrogens with one attached hydrogen (secondary N) is 1. The van der Waals surface area contributed by atoms with E-state index < -0.39 is 0 Å². The Labute approximate surface area is 263 Å². The van der Waals surface area contributed by atoms with Crippen molar-refractivity contribution >= 4 is 40.2 Å². The maximum atomic E-state index is 6.28. The molecule has 5 heteroatoms. The van der Waals surface area contributed by atoms with E-state index in [1.807, 2.05) is 19.2 Å². The van der Waals surface area contributed by atoms with Crippen LogP contribution in [-0.4, -0.2) is 12.8 Å². The molecule has 0 saturated carbocycles. The molecule has 0 amide bonds. The fourth-order valence-electron chi connectivity index (χ4n) is 6.33. The first-order chi connectivity index (χ1) is 20.4. The molecule has 0 fully saturated rings. The van der Waals surface area contributed by atoms with Gasteiger partial charge in [-0.25, -0.2) is 0 Å². The van der Waals surface area contributed by atoms with Gasteiger partial charge < -0.3 is 14.8 Å². The van der Waals surface area contributed by atoms with E-state index in [1.54, 1.807) is 0 Å². The molecule has 42 heavy (non-hydrogen) atoms. The van der Waals surface area contributed by atoms with Crippen LogP contribution in [0.5, 0.6) is 11.5 Å². The van der Waals surface area contributed by atoms with E-state index in [0.29, 0.717) is 25.0 Å². The number of ether oxygens (including phenoxy) is 2. The van der Waals surface area contributed by atoms with Crippen molar-refractivity contribution in [2.24, 2.45) is 10.9 Å². The van der Waals surface area contributed by atoms with Crippen LogP contribution in [0.3, 0.4) is 0 Å². The molecule has 4 aromatic rings. The second kappa shape index (κ2) is 12.3. The average molecular weight is 669 g/mol. The molecule has 0 radical (unpaired) electrons. The highest BCUT2D eigenvalue weighted by Gasteiger charge is 2.37. The molecule has 1 aliphatic heterocycles. The predicted molar refractivity (Wildman–Crippen MR) is 182 cm³/mol. The molecule has 4 nitrogen and oxygen atoms in total. The Morgan fingerprint density at radius 3 is 2.45 bits per heavy atom. The first kappa shape index (κ1) is 28.5. The van der Waals surface area contributed by atoms with Crippen molar-refractivity contribution in [3.8, 4) is 11.5 Å². The van der Waals surface area contributed by atoms with Crippen LogP contribution in [0.25, 0.3) is 0 Å². The minimum absolute atomic E-state index is 0.282. The number of aryl methyl sites for hydroxylation is 3. The summed E-state index contributed by atoms with van der Waals surface area (Å²) in [5, 5.41) is 3.84. The van der Waals surface area contributed by atoms with E-state index in [-0.39, 0.29) is 6.04 Å². The van der Waals surface area contributed by atoms with Crippen LogP contribution < -0.4 is 14.8 Å². The number of hydrogen-bond acceptors (Lipinski definition) is 4. The lowest BCUT2D eigenvalue weighted by atomic mass is 9.76. The molecule has 0 saturated heterocycles. The smallest absolute Gasteiger partial charge is 0.175 e. The van der Waals surface area contributed by atoms with E-state index in [9.17, 15) is 0 Å². The first-order valence-electron chi connectivity index (χ1n) is 14.7. The summed E-state index contributed by atoms with van der Waals surface area (Å²) >= 11 is 2.33. The Kier molecular flexibility index (Phi) is 8.38. The number of fused-ring (bicyclic) bond motifs is 3. The summed E-state index contributed by atoms with van der Waals surface area (Å²) in [4.78, 5) is 4.80. The minimum Gasteiger partial charge on any atom is -0.490 e. The lowest BCUT2D eigenvalue weighted by molar-refractivity contribution is 0.267. The van der Waals surface area contributed by atoms with Gasteiger partial charge in [0, 0.05) is 17.8 Å². The average Bonchev–Trinajstić information content (AvgIpc) is 3.46. The van der Waals surface area contributed by atoms with Gasteiger partial charge in [0.15, 0.2) is 11.5 Å². The van der Waals surface area contributed by atoms with Crippen molar-refractivity contribution in [1.29, 1.82) is 0 Å². The lowest BCUT2D eigenvalue weighted by Crippen LogP contribution is -2.29. The Morgan fingerprint density at radius 2 is 1.69 bits per heavy atom. The molecule has 1 aliphatic carbocycles. The maximum Gasteiger partial charge on any atom is 0.175 e. The zero-order valence-corrected chi connectivity index (χ0v) is 26.8. The number of allylic oxidation sites excluding steroid dienone is 2. The van der Waals surface area contributed by atoms with Gasteiger partial charge in [-0.3, -0.25) is 4.99 Å². The van der Waals surface area contributed by atoms with Crippen LogP contribution in [0.15, 0.2) is 89.9 Å². The number of halogens is 1. The van der Waals surface area contributed by atoms with Crippen molar-refractivity contribution in [2.45, 2.75) is 52.7 Å². The topological polar surface area (TPSA) is 42.8 Å². The molecule has 214 valence electrons. The van der Waals surface area contributed by atoms with Gasteiger partial charge in [0.05, 0.1) is 21.9 Å². The van der Waals surface area contributed by atoms with E-state index in [0.717, 1.165) is 38.3 Å². The van der Waals surface area contributed by atoms with Crippen molar-refractivity contribution in [3.05, 3.63) is 127 Å². The third-order valence-corrected chi connectivity index (χ3v) is 8.93. The number of rotatable bonds is 8. The quantitative estimate of drug-likeness (QED) is 0.116. The highest BCUT2D eigenvalue weighted by Crippen LogP contribution is 2.50. The predicted octanol–water partition coefficient (Wildman–Crippen LogP) is 9.77. The van der Waals surface area contributed by atoms with Gasteiger partial charge >= 0.3 is 0 Å². The molecule has 0 spiro atoms. The monoisotopic (exact) mass is 668 g/mol. The van der Waals surface area contributed by atoms with Crippen molar-refractivity contribution < 1.29 is 9.47 Å². The normalized spacial score (nSPS) is 18.9. The molecule has 2 aliphatic rings. The van der Waals surface area contributed by atoms with Gasteiger partial charge in [-0.2, -0.15) is 0 Å². The maximum absolute atomic E-state index is 6.28. The lowest BCUT2D eigenvalue weighted by Gasteiger charge is -2.37. The fourth-order valence-corrected chi connectivity index (χ4v) is 7.12. The zero-order chi connectivity index (χ0) is 29.2. The fraction of sp³-hybridized carbons (Fsp3) is 0.270. The molecule has 0 aromatic heterocycles. The summed E-state index contributed by atoms with van der Waals surface area (Å²) < 4.78 is 13.3. The van der Waals surface area contributed by atoms with Crippen LogP contribution >= 0.6 is 22.6 Å². The van der Waals surface area contributed by atoms with Crippen LogP contribution in [0.1, 0.15) is 64.2 Å². The van der Waals surface area contributed by atoms with Crippen LogP contribution in [-0.2, 0) is 6.61 Å². The number of aliphatic imine (C=N–C) groups is 1. The van der Waals surface area contributed by atoms with Crippen LogP contribution in [0.2, 0.25) is 0 Å². The van der Waals surface area contributed by atoms with Gasteiger partial charge in [-0.1, -0.05) is 71.3 Å². The van der Waals surface area contributed by atoms with E-state index in [4.69, 9.17) is 14.5 Å². The first-order valence-corrected chi connectivity index (χ1v) is 15.8. The molecule has 0 bridgehead atoms. The van der Waals surface area contributed by atoms with Gasteiger partial charge in [-0.05, 0) is 115 Å². The molecule has 4 aromatic carbocycles. The Morgan fingerprint density at radius 1 is 0.905 bits per heavy atom. The third kappa shape index (κ3) is 6.12. The van der Waals surface area contributed by atoms with Crippen LogP contribution in [0.4, 0.5) is 11.4 Å².